The first-order valence-electron chi connectivity index (χ1n) is 9.79. The van der Waals surface area contributed by atoms with Gasteiger partial charge in [0.15, 0.2) is 0 Å². The third-order valence-corrected chi connectivity index (χ3v) is 6.03. The average molecular weight is 390 g/mol. The van der Waals surface area contributed by atoms with Gasteiger partial charge in [-0.15, -0.1) is 0 Å². The molecule has 1 aliphatic carbocycles. The predicted molar refractivity (Wildman–Crippen MR) is 114 cm³/mol. The Morgan fingerprint density at radius 1 is 1.00 bits per heavy atom. The lowest BCUT2D eigenvalue weighted by molar-refractivity contribution is 0.354. The molecule has 0 radical (unpaired) electrons. The van der Waals surface area contributed by atoms with E-state index in [4.69, 9.17) is 16.6 Å². The van der Waals surface area contributed by atoms with Crippen molar-refractivity contribution in [3.8, 4) is 11.3 Å². The van der Waals surface area contributed by atoms with Crippen LogP contribution < -0.4 is 5.56 Å². The van der Waals surface area contributed by atoms with Crippen LogP contribution in [0.25, 0.3) is 33.2 Å². The highest BCUT2D eigenvalue weighted by atomic mass is 35.5. The van der Waals surface area contributed by atoms with Crippen molar-refractivity contribution in [1.82, 2.24) is 14.5 Å². The Labute approximate surface area is 167 Å². The molecule has 2 aromatic carbocycles. The first-order chi connectivity index (χ1) is 13.7. The third kappa shape index (κ3) is 2.80. The summed E-state index contributed by atoms with van der Waals surface area (Å²) in [5, 5.41) is 1.45. The Bertz CT molecular complexity index is 1230. The molecule has 0 spiro atoms. The van der Waals surface area contributed by atoms with Crippen molar-refractivity contribution in [2.45, 2.75) is 38.1 Å². The van der Waals surface area contributed by atoms with E-state index in [1.54, 1.807) is 6.20 Å². The molecule has 0 unspecified atom stereocenters. The van der Waals surface area contributed by atoms with Crippen LogP contribution >= 0.6 is 11.6 Å². The van der Waals surface area contributed by atoms with Crippen molar-refractivity contribution < 1.29 is 0 Å². The van der Waals surface area contributed by atoms with Crippen molar-refractivity contribution in [2.75, 3.05) is 0 Å². The lowest BCUT2D eigenvalue weighted by atomic mass is 9.94. The monoisotopic (exact) mass is 389 g/mol. The van der Waals surface area contributed by atoms with Crippen molar-refractivity contribution in [3.05, 3.63) is 70.1 Å². The SMILES string of the molecule is O=c1c(-c2ccccc2)nc2cc3cccnc3c(Cl)c2n1C1CCCCC1. The highest BCUT2D eigenvalue weighted by molar-refractivity contribution is 6.39. The van der Waals surface area contributed by atoms with Gasteiger partial charge in [0, 0.05) is 23.2 Å². The van der Waals surface area contributed by atoms with Crippen LogP contribution in [0, 0.1) is 0 Å². The minimum absolute atomic E-state index is 0.0669. The van der Waals surface area contributed by atoms with Crippen molar-refractivity contribution >= 4 is 33.5 Å². The van der Waals surface area contributed by atoms with Gasteiger partial charge in [-0.3, -0.25) is 9.78 Å². The van der Waals surface area contributed by atoms with Crippen molar-refractivity contribution in [1.29, 1.82) is 0 Å². The van der Waals surface area contributed by atoms with E-state index in [9.17, 15) is 4.79 Å². The van der Waals surface area contributed by atoms with E-state index >= 15 is 0 Å². The summed E-state index contributed by atoms with van der Waals surface area (Å²) >= 11 is 6.81. The minimum Gasteiger partial charge on any atom is -0.300 e. The van der Waals surface area contributed by atoms with Gasteiger partial charge >= 0.3 is 0 Å². The minimum atomic E-state index is -0.0669. The van der Waals surface area contributed by atoms with E-state index in [1.807, 2.05) is 53.1 Å². The largest absolute Gasteiger partial charge is 0.300 e. The van der Waals surface area contributed by atoms with Gasteiger partial charge in [-0.25, -0.2) is 4.98 Å². The molecular formula is C23H20ClN3O. The Hall–Kier alpha value is -2.72. The molecule has 28 heavy (non-hydrogen) atoms. The van der Waals surface area contributed by atoms with E-state index in [0.29, 0.717) is 16.2 Å². The molecule has 5 rings (SSSR count). The van der Waals surface area contributed by atoms with E-state index in [2.05, 4.69) is 4.98 Å². The van der Waals surface area contributed by atoms with Gasteiger partial charge in [0.25, 0.3) is 5.56 Å². The number of aromatic nitrogens is 3. The third-order valence-electron chi connectivity index (χ3n) is 5.67. The Morgan fingerprint density at radius 3 is 2.57 bits per heavy atom. The first-order valence-corrected chi connectivity index (χ1v) is 10.2. The Morgan fingerprint density at radius 2 is 1.79 bits per heavy atom. The van der Waals surface area contributed by atoms with E-state index in [1.165, 1.54) is 6.42 Å². The average Bonchev–Trinajstić information content (AvgIpc) is 2.75. The van der Waals surface area contributed by atoms with Gasteiger partial charge in [-0.05, 0) is 25.0 Å². The van der Waals surface area contributed by atoms with Gasteiger partial charge in [0.05, 0.1) is 21.6 Å². The summed E-state index contributed by atoms with van der Waals surface area (Å²) in [6, 6.07) is 15.7. The lowest BCUT2D eigenvalue weighted by Gasteiger charge is -2.26. The van der Waals surface area contributed by atoms with Gasteiger partial charge in [0.2, 0.25) is 0 Å². The number of halogens is 1. The highest BCUT2D eigenvalue weighted by Gasteiger charge is 2.24. The molecule has 1 saturated carbocycles. The van der Waals surface area contributed by atoms with Crippen LogP contribution in [0.5, 0.6) is 0 Å². The molecule has 5 heteroatoms. The van der Waals surface area contributed by atoms with Crippen molar-refractivity contribution in [3.63, 3.8) is 0 Å². The van der Waals surface area contributed by atoms with Gasteiger partial charge in [-0.2, -0.15) is 0 Å². The summed E-state index contributed by atoms with van der Waals surface area (Å²) in [4.78, 5) is 22.8. The smallest absolute Gasteiger partial charge is 0.277 e. The van der Waals surface area contributed by atoms with Crippen LogP contribution in [-0.2, 0) is 0 Å². The molecule has 0 bridgehead atoms. The molecule has 1 fully saturated rings. The van der Waals surface area contributed by atoms with Crippen LogP contribution in [0.1, 0.15) is 38.1 Å². The molecule has 0 N–H and O–H groups in total. The number of fused-ring (bicyclic) bond motifs is 2. The summed E-state index contributed by atoms with van der Waals surface area (Å²) < 4.78 is 1.90. The summed E-state index contributed by atoms with van der Waals surface area (Å²) in [5.74, 6) is 0. The Balaban J connectivity index is 1.90. The summed E-state index contributed by atoms with van der Waals surface area (Å²) in [5.41, 5.74) is 3.43. The summed E-state index contributed by atoms with van der Waals surface area (Å²) in [7, 11) is 0. The molecule has 140 valence electrons. The normalized spacial score (nSPS) is 15.3. The van der Waals surface area contributed by atoms with Crippen LogP contribution in [0.2, 0.25) is 5.02 Å². The lowest BCUT2D eigenvalue weighted by Crippen LogP contribution is -2.29. The maximum absolute atomic E-state index is 13.6. The van der Waals surface area contributed by atoms with Gasteiger partial charge < -0.3 is 4.57 Å². The number of nitrogens with zero attached hydrogens (tertiary/aromatic N) is 3. The second-order valence-corrected chi connectivity index (χ2v) is 7.80. The molecule has 1 aliphatic rings. The molecule has 4 aromatic rings. The second-order valence-electron chi connectivity index (χ2n) is 7.43. The molecule has 4 nitrogen and oxygen atoms in total. The van der Waals surface area contributed by atoms with Crippen molar-refractivity contribution in [2.24, 2.45) is 0 Å². The zero-order chi connectivity index (χ0) is 19.1. The fourth-order valence-electron chi connectivity index (χ4n) is 4.33. The van der Waals surface area contributed by atoms with Crippen LogP contribution in [0.3, 0.4) is 0 Å². The van der Waals surface area contributed by atoms with Gasteiger partial charge in [0.1, 0.15) is 5.69 Å². The molecule has 2 heterocycles. The summed E-state index contributed by atoms with van der Waals surface area (Å²) in [6.07, 6.45) is 7.19. The fraction of sp³-hybridized carbons (Fsp3) is 0.261. The highest BCUT2D eigenvalue weighted by Crippen LogP contribution is 2.35. The van der Waals surface area contributed by atoms with E-state index in [0.717, 1.165) is 47.7 Å². The molecular weight excluding hydrogens is 370 g/mol. The zero-order valence-corrected chi connectivity index (χ0v) is 16.2. The van der Waals surface area contributed by atoms with E-state index < -0.39 is 0 Å². The number of hydrogen-bond donors (Lipinski definition) is 0. The topological polar surface area (TPSA) is 47.8 Å². The molecule has 0 saturated heterocycles. The first kappa shape index (κ1) is 17.4. The second kappa shape index (κ2) is 7.02. The summed E-state index contributed by atoms with van der Waals surface area (Å²) in [6.45, 7) is 0. The van der Waals surface area contributed by atoms with Crippen LogP contribution in [0.4, 0.5) is 0 Å². The molecule has 2 aromatic heterocycles. The zero-order valence-electron chi connectivity index (χ0n) is 15.4. The maximum atomic E-state index is 13.6. The van der Waals surface area contributed by atoms with E-state index in [-0.39, 0.29) is 11.6 Å². The predicted octanol–water partition coefficient (Wildman–Crippen LogP) is 5.77. The standard InChI is InChI=1S/C23H20ClN3O/c24-19-20-16(10-7-13-25-20)14-18-22(19)27(17-11-5-2-6-12-17)23(28)21(26-18)15-8-3-1-4-9-15/h1,3-4,7-10,13-14,17H,2,5-6,11-12H2. The number of hydrogen-bond acceptors (Lipinski definition) is 3. The quantitative estimate of drug-likeness (QED) is 0.409. The van der Waals surface area contributed by atoms with Crippen LogP contribution in [0.15, 0.2) is 59.5 Å². The van der Waals surface area contributed by atoms with Crippen LogP contribution in [-0.4, -0.2) is 14.5 Å². The molecule has 0 aliphatic heterocycles. The Kier molecular flexibility index (Phi) is 4.36. The maximum Gasteiger partial charge on any atom is 0.277 e. The molecule has 0 amide bonds. The number of pyridine rings is 1. The number of benzene rings is 2. The molecule has 0 atom stereocenters. The number of rotatable bonds is 2. The van der Waals surface area contributed by atoms with Gasteiger partial charge in [-0.1, -0.05) is 67.3 Å². The fourth-order valence-corrected chi connectivity index (χ4v) is 4.67.